The summed E-state index contributed by atoms with van der Waals surface area (Å²) in [6.45, 7) is 3.17. The molecule has 1 aliphatic rings. The van der Waals surface area contributed by atoms with Gasteiger partial charge in [0.05, 0.1) is 23.7 Å². The van der Waals surface area contributed by atoms with Crippen molar-refractivity contribution in [2.45, 2.75) is 25.7 Å². The van der Waals surface area contributed by atoms with Crippen LogP contribution in [0.15, 0.2) is 35.4 Å². The van der Waals surface area contributed by atoms with Crippen LogP contribution in [0.5, 0.6) is 0 Å². The van der Waals surface area contributed by atoms with Crippen molar-refractivity contribution in [2.75, 3.05) is 13.1 Å². The summed E-state index contributed by atoms with van der Waals surface area (Å²) in [5.74, 6) is 0.158. The van der Waals surface area contributed by atoms with Crippen LogP contribution in [0.1, 0.15) is 40.5 Å². The number of nitrogens with zero attached hydrogens (tertiary/aromatic N) is 5. The molecule has 8 heteroatoms. The summed E-state index contributed by atoms with van der Waals surface area (Å²) in [5.41, 5.74) is 2.79. The second-order valence-corrected chi connectivity index (χ2v) is 6.35. The Kier molecular flexibility index (Phi) is 3.79. The minimum atomic E-state index is -0.102. The van der Waals surface area contributed by atoms with Crippen LogP contribution in [0, 0.1) is 6.92 Å². The maximum atomic E-state index is 12.5. The average molecular weight is 338 g/mol. The van der Waals surface area contributed by atoms with E-state index in [9.17, 15) is 9.59 Å². The van der Waals surface area contributed by atoms with Crippen molar-refractivity contribution >= 4 is 11.6 Å². The van der Waals surface area contributed by atoms with Gasteiger partial charge in [0.1, 0.15) is 0 Å². The molecule has 3 aromatic rings. The SMILES string of the molecule is Cc1cc2nc(C3CCN(C(=O)c4ccnnc4)CC3)cc(=O)n2[nH]1. The highest BCUT2D eigenvalue weighted by Gasteiger charge is 2.26. The second-order valence-electron chi connectivity index (χ2n) is 6.35. The maximum absolute atomic E-state index is 12.5. The highest BCUT2D eigenvalue weighted by Crippen LogP contribution is 2.27. The lowest BCUT2D eigenvalue weighted by molar-refractivity contribution is 0.0711. The molecule has 3 aromatic heterocycles. The normalized spacial score (nSPS) is 15.6. The number of amides is 1. The zero-order valence-electron chi connectivity index (χ0n) is 13.8. The summed E-state index contributed by atoms with van der Waals surface area (Å²) in [6, 6.07) is 5.13. The molecule has 4 heterocycles. The number of aryl methyl sites for hydroxylation is 1. The first kappa shape index (κ1) is 15.5. The number of carbonyl (C=O) groups is 1. The van der Waals surface area contributed by atoms with Crippen LogP contribution in [-0.4, -0.2) is 48.7 Å². The minimum Gasteiger partial charge on any atom is -0.339 e. The molecule has 1 N–H and O–H groups in total. The molecule has 0 aliphatic carbocycles. The van der Waals surface area contributed by atoms with Crippen molar-refractivity contribution in [3.8, 4) is 0 Å². The van der Waals surface area contributed by atoms with Gasteiger partial charge in [-0.05, 0) is 25.8 Å². The van der Waals surface area contributed by atoms with Crippen LogP contribution in [-0.2, 0) is 0 Å². The Labute approximate surface area is 143 Å². The van der Waals surface area contributed by atoms with Crippen molar-refractivity contribution in [3.05, 3.63) is 57.9 Å². The smallest absolute Gasteiger partial charge is 0.272 e. The van der Waals surface area contributed by atoms with E-state index in [1.165, 1.54) is 16.9 Å². The molecule has 0 bridgehead atoms. The van der Waals surface area contributed by atoms with E-state index in [-0.39, 0.29) is 17.4 Å². The fourth-order valence-electron chi connectivity index (χ4n) is 3.32. The number of piperidine rings is 1. The Morgan fingerprint density at radius 3 is 2.76 bits per heavy atom. The molecule has 8 nitrogen and oxygen atoms in total. The highest BCUT2D eigenvalue weighted by atomic mass is 16.2. The van der Waals surface area contributed by atoms with Gasteiger partial charge in [-0.2, -0.15) is 10.2 Å². The van der Waals surface area contributed by atoms with E-state index in [4.69, 9.17) is 0 Å². The first-order valence-electron chi connectivity index (χ1n) is 8.27. The maximum Gasteiger partial charge on any atom is 0.272 e. The predicted octanol–water partition coefficient (Wildman–Crippen LogP) is 1.14. The summed E-state index contributed by atoms with van der Waals surface area (Å²) < 4.78 is 1.45. The Morgan fingerprint density at radius 1 is 1.24 bits per heavy atom. The standard InChI is InChI=1S/C17H18N6O2/c1-11-8-15-20-14(9-16(24)23(15)21-11)12-3-6-22(7-4-12)17(25)13-2-5-18-19-10-13/h2,5,8-10,12,21H,3-4,6-7H2,1H3. The number of carbonyl (C=O) groups excluding carboxylic acids is 1. The summed E-state index contributed by atoms with van der Waals surface area (Å²) in [6.07, 6.45) is 4.58. The van der Waals surface area contributed by atoms with Gasteiger partial charge in [0.15, 0.2) is 5.65 Å². The first-order valence-corrected chi connectivity index (χ1v) is 8.27. The fourth-order valence-corrected chi connectivity index (χ4v) is 3.32. The average Bonchev–Trinajstić information content (AvgIpc) is 3.03. The summed E-state index contributed by atoms with van der Waals surface area (Å²) >= 11 is 0. The topological polar surface area (TPSA) is 96.2 Å². The Morgan fingerprint density at radius 2 is 2.04 bits per heavy atom. The molecule has 1 aliphatic heterocycles. The van der Waals surface area contributed by atoms with Gasteiger partial charge < -0.3 is 4.90 Å². The molecule has 128 valence electrons. The zero-order chi connectivity index (χ0) is 17.4. The predicted molar refractivity (Wildman–Crippen MR) is 90.5 cm³/mol. The Bertz CT molecular complexity index is 970. The van der Waals surface area contributed by atoms with E-state index in [2.05, 4.69) is 20.3 Å². The number of aromatic nitrogens is 5. The van der Waals surface area contributed by atoms with Gasteiger partial charge in [-0.3, -0.25) is 14.7 Å². The fraction of sp³-hybridized carbons (Fsp3) is 0.353. The van der Waals surface area contributed by atoms with E-state index >= 15 is 0 Å². The van der Waals surface area contributed by atoms with Gasteiger partial charge in [0.25, 0.3) is 11.5 Å². The van der Waals surface area contributed by atoms with Gasteiger partial charge >= 0.3 is 0 Å². The zero-order valence-corrected chi connectivity index (χ0v) is 13.8. The molecule has 0 unspecified atom stereocenters. The molecule has 0 saturated carbocycles. The van der Waals surface area contributed by atoms with Gasteiger partial charge in [-0.1, -0.05) is 0 Å². The van der Waals surface area contributed by atoms with Gasteiger partial charge in [-0.15, -0.1) is 0 Å². The molecule has 4 rings (SSSR count). The Hall–Kier alpha value is -3.03. The molecule has 0 atom stereocenters. The second kappa shape index (κ2) is 6.12. The van der Waals surface area contributed by atoms with Crippen LogP contribution in [0.4, 0.5) is 0 Å². The van der Waals surface area contributed by atoms with Crippen LogP contribution in [0.2, 0.25) is 0 Å². The van der Waals surface area contributed by atoms with E-state index in [1.54, 1.807) is 12.1 Å². The summed E-state index contributed by atoms with van der Waals surface area (Å²) in [4.78, 5) is 31.1. The number of aromatic amines is 1. The number of hydrogen-bond donors (Lipinski definition) is 1. The van der Waals surface area contributed by atoms with Gasteiger partial charge in [0.2, 0.25) is 0 Å². The Balaban J connectivity index is 1.50. The molecule has 0 aromatic carbocycles. The number of rotatable bonds is 2. The van der Waals surface area contributed by atoms with Crippen molar-refractivity contribution in [1.82, 2.24) is 29.7 Å². The van der Waals surface area contributed by atoms with Crippen molar-refractivity contribution in [2.24, 2.45) is 0 Å². The number of fused-ring (bicyclic) bond motifs is 1. The lowest BCUT2D eigenvalue weighted by Gasteiger charge is -2.31. The van der Waals surface area contributed by atoms with Crippen molar-refractivity contribution < 1.29 is 4.79 Å². The van der Waals surface area contributed by atoms with E-state index in [0.717, 1.165) is 24.2 Å². The molecule has 0 spiro atoms. The van der Waals surface area contributed by atoms with E-state index in [0.29, 0.717) is 24.3 Å². The molecule has 0 radical (unpaired) electrons. The van der Waals surface area contributed by atoms with Crippen LogP contribution in [0.25, 0.3) is 5.65 Å². The minimum absolute atomic E-state index is 0.0295. The molecule has 1 saturated heterocycles. The third-order valence-electron chi connectivity index (χ3n) is 4.63. The molecule has 1 fully saturated rings. The number of hydrogen-bond acceptors (Lipinski definition) is 5. The molecule has 25 heavy (non-hydrogen) atoms. The lowest BCUT2D eigenvalue weighted by atomic mass is 9.93. The van der Waals surface area contributed by atoms with E-state index in [1.807, 2.05) is 17.9 Å². The van der Waals surface area contributed by atoms with Gasteiger partial charge in [-0.25, -0.2) is 9.50 Å². The monoisotopic (exact) mass is 338 g/mol. The van der Waals surface area contributed by atoms with Crippen LogP contribution >= 0.6 is 0 Å². The number of likely N-dealkylation sites (tertiary alicyclic amines) is 1. The van der Waals surface area contributed by atoms with Crippen LogP contribution in [0.3, 0.4) is 0 Å². The van der Waals surface area contributed by atoms with E-state index < -0.39 is 0 Å². The first-order chi connectivity index (χ1) is 12.1. The molecular weight excluding hydrogens is 320 g/mol. The third-order valence-corrected chi connectivity index (χ3v) is 4.63. The quantitative estimate of drug-likeness (QED) is 0.756. The van der Waals surface area contributed by atoms with Crippen LogP contribution < -0.4 is 5.56 Å². The third kappa shape index (κ3) is 2.90. The van der Waals surface area contributed by atoms with Gasteiger partial charge in [0, 0.05) is 36.8 Å². The summed E-state index contributed by atoms with van der Waals surface area (Å²) in [7, 11) is 0. The molecule has 1 amide bonds. The largest absolute Gasteiger partial charge is 0.339 e. The molecular formula is C17H18N6O2. The van der Waals surface area contributed by atoms with Crippen molar-refractivity contribution in [1.29, 1.82) is 0 Å². The summed E-state index contributed by atoms with van der Waals surface area (Å²) in [5, 5.41) is 10.4. The van der Waals surface area contributed by atoms with Crippen molar-refractivity contribution in [3.63, 3.8) is 0 Å². The number of H-pyrrole nitrogens is 1. The number of nitrogens with one attached hydrogen (secondary N) is 1. The highest BCUT2D eigenvalue weighted by molar-refractivity contribution is 5.93. The lowest BCUT2D eigenvalue weighted by Crippen LogP contribution is -2.38.